The summed E-state index contributed by atoms with van der Waals surface area (Å²) in [6.07, 6.45) is 4.61. The Morgan fingerprint density at radius 1 is 1.36 bits per heavy atom. The smallest absolute Gasteiger partial charge is 0.119 e. The van der Waals surface area contributed by atoms with E-state index < -0.39 is 0 Å². The Bertz CT molecular complexity index is 171. The summed E-state index contributed by atoms with van der Waals surface area (Å²) in [5.74, 6) is 0. The fraction of sp³-hybridized carbons (Fsp3) is 0.714. The van der Waals surface area contributed by atoms with Crippen molar-refractivity contribution in [1.29, 1.82) is 0 Å². The largest absolute Gasteiger partial charge is 0.320 e. The highest BCUT2D eigenvalue weighted by Gasteiger charge is 1.89. The van der Waals surface area contributed by atoms with Crippen molar-refractivity contribution in [2.24, 2.45) is 0 Å². The van der Waals surface area contributed by atoms with Gasteiger partial charge in [-0.25, -0.2) is 0 Å². The van der Waals surface area contributed by atoms with Crippen LogP contribution in [-0.4, -0.2) is 27.9 Å². The monoisotopic (exact) mass is 154 g/mol. The number of rotatable bonds is 5. The number of hydrogen-bond donors (Lipinski definition) is 1. The highest BCUT2D eigenvalue weighted by atomic mass is 15.2. The highest BCUT2D eigenvalue weighted by molar-refractivity contribution is 4.60. The van der Waals surface area contributed by atoms with E-state index in [9.17, 15) is 0 Å². The maximum Gasteiger partial charge on any atom is 0.119 e. The van der Waals surface area contributed by atoms with Gasteiger partial charge in [0.15, 0.2) is 0 Å². The quantitative estimate of drug-likeness (QED) is 0.619. The number of aromatic nitrogens is 3. The topological polar surface area (TPSA) is 42.7 Å². The van der Waals surface area contributed by atoms with Crippen molar-refractivity contribution in [1.82, 2.24) is 20.1 Å². The van der Waals surface area contributed by atoms with Crippen molar-refractivity contribution < 1.29 is 0 Å². The van der Waals surface area contributed by atoms with E-state index in [0.717, 1.165) is 26.1 Å². The van der Waals surface area contributed by atoms with Crippen LogP contribution in [-0.2, 0) is 6.54 Å². The van der Waals surface area contributed by atoms with Gasteiger partial charge in [0.25, 0.3) is 0 Å². The van der Waals surface area contributed by atoms with Gasteiger partial charge in [-0.15, -0.1) is 10.2 Å². The van der Waals surface area contributed by atoms with Gasteiger partial charge in [0, 0.05) is 6.54 Å². The summed E-state index contributed by atoms with van der Waals surface area (Å²) in [5, 5.41) is 10.7. The van der Waals surface area contributed by atoms with Gasteiger partial charge < -0.3 is 9.88 Å². The van der Waals surface area contributed by atoms with E-state index in [0.29, 0.717) is 0 Å². The minimum absolute atomic E-state index is 1.00. The van der Waals surface area contributed by atoms with Crippen molar-refractivity contribution in [3.63, 3.8) is 0 Å². The third kappa shape index (κ3) is 3.13. The molecule has 1 aromatic rings. The van der Waals surface area contributed by atoms with Gasteiger partial charge >= 0.3 is 0 Å². The molecule has 0 bridgehead atoms. The summed E-state index contributed by atoms with van der Waals surface area (Å²) in [7, 11) is 0. The molecule has 1 heterocycles. The normalized spacial score (nSPS) is 10.3. The lowest BCUT2D eigenvalue weighted by atomic mass is 10.4. The zero-order chi connectivity index (χ0) is 7.94. The molecule has 0 amide bonds. The van der Waals surface area contributed by atoms with Gasteiger partial charge in [0.1, 0.15) is 12.7 Å². The van der Waals surface area contributed by atoms with Gasteiger partial charge in [0.05, 0.1) is 0 Å². The molecule has 4 nitrogen and oxygen atoms in total. The molecule has 0 unspecified atom stereocenters. The first kappa shape index (κ1) is 8.20. The van der Waals surface area contributed by atoms with E-state index in [1.807, 2.05) is 4.57 Å². The summed E-state index contributed by atoms with van der Waals surface area (Å²) >= 11 is 0. The summed E-state index contributed by atoms with van der Waals surface area (Å²) in [4.78, 5) is 0. The molecular weight excluding hydrogens is 140 g/mol. The average molecular weight is 154 g/mol. The molecule has 1 aromatic heterocycles. The van der Waals surface area contributed by atoms with Gasteiger partial charge in [-0.2, -0.15) is 0 Å². The fourth-order valence-corrected chi connectivity index (χ4v) is 0.901. The SMILES string of the molecule is CCNCCCn1cnnc1. The van der Waals surface area contributed by atoms with Crippen molar-refractivity contribution in [3.8, 4) is 0 Å². The van der Waals surface area contributed by atoms with Crippen LogP contribution in [0.4, 0.5) is 0 Å². The maximum absolute atomic E-state index is 3.71. The molecule has 0 atom stereocenters. The molecule has 0 fully saturated rings. The molecule has 0 radical (unpaired) electrons. The predicted molar refractivity (Wildman–Crippen MR) is 43.2 cm³/mol. The molecule has 0 aliphatic heterocycles. The van der Waals surface area contributed by atoms with Crippen LogP contribution in [0, 0.1) is 0 Å². The standard InChI is InChI=1S/C7H14N4/c1-2-8-4-3-5-11-6-9-10-7-11/h6-8H,2-5H2,1H3. The van der Waals surface area contributed by atoms with Gasteiger partial charge in [0.2, 0.25) is 0 Å². The van der Waals surface area contributed by atoms with Crippen molar-refractivity contribution >= 4 is 0 Å². The lowest BCUT2D eigenvalue weighted by Gasteiger charge is -2.00. The minimum Gasteiger partial charge on any atom is -0.320 e. The molecule has 1 N–H and O–H groups in total. The first-order valence-corrected chi connectivity index (χ1v) is 3.96. The van der Waals surface area contributed by atoms with E-state index in [-0.39, 0.29) is 0 Å². The summed E-state index contributed by atoms with van der Waals surface area (Å²) < 4.78 is 1.98. The zero-order valence-electron chi connectivity index (χ0n) is 6.82. The minimum atomic E-state index is 1.00. The molecule has 4 heteroatoms. The van der Waals surface area contributed by atoms with Crippen molar-refractivity contribution in [3.05, 3.63) is 12.7 Å². The van der Waals surface area contributed by atoms with Crippen LogP contribution in [0.25, 0.3) is 0 Å². The second kappa shape index (κ2) is 4.85. The van der Waals surface area contributed by atoms with Crippen LogP contribution >= 0.6 is 0 Å². The Balaban J connectivity index is 2.04. The lowest BCUT2D eigenvalue weighted by molar-refractivity contribution is 0.591. The number of hydrogen-bond acceptors (Lipinski definition) is 3. The molecule has 0 aromatic carbocycles. The van der Waals surface area contributed by atoms with E-state index in [4.69, 9.17) is 0 Å². The molecule has 62 valence electrons. The van der Waals surface area contributed by atoms with Crippen molar-refractivity contribution in [2.45, 2.75) is 19.9 Å². The molecule has 0 aliphatic rings. The lowest BCUT2D eigenvalue weighted by Crippen LogP contribution is -2.15. The molecule has 1 rings (SSSR count). The number of nitrogens with zero attached hydrogens (tertiary/aromatic N) is 3. The van der Waals surface area contributed by atoms with E-state index in [1.165, 1.54) is 0 Å². The average Bonchev–Trinajstić information content (AvgIpc) is 2.50. The Kier molecular flexibility index (Phi) is 3.61. The number of nitrogens with one attached hydrogen (secondary N) is 1. The van der Waals surface area contributed by atoms with Crippen LogP contribution in [0.15, 0.2) is 12.7 Å². The third-order valence-electron chi connectivity index (χ3n) is 1.49. The first-order valence-electron chi connectivity index (χ1n) is 3.96. The Morgan fingerprint density at radius 3 is 2.73 bits per heavy atom. The molecule has 0 saturated carbocycles. The fourth-order valence-electron chi connectivity index (χ4n) is 0.901. The van der Waals surface area contributed by atoms with E-state index in [1.54, 1.807) is 12.7 Å². The van der Waals surface area contributed by atoms with Crippen LogP contribution < -0.4 is 5.32 Å². The van der Waals surface area contributed by atoms with E-state index in [2.05, 4.69) is 22.4 Å². The second-order valence-corrected chi connectivity index (χ2v) is 2.41. The molecule has 0 spiro atoms. The second-order valence-electron chi connectivity index (χ2n) is 2.41. The first-order chi connectivity index (χ1) is 5.43. The summed E-state index contributed by atoms with van der Waals surface area (Å²) in [6, 6.07) is 0. The molecule has 11 heavy (non-hydrogen) atoms. The summed E-state index contributed by atoms with van der Waals surface area (Å²) in [6.45, 7) is 5.22. The molecule has 0 saturated heterocycles. The van der Waals surface area contributed by atoms with Crippen molar-refractivity contribution in [2.75, 3.05) is 13.1 Å². The van der Waals surface area contributed by atoms with E-state index >= 15 is 0 Å². The molecule has 0 aliphatic carbocycles. The number of aryl methyl sites for hydroxylation is 1. The van der Waals surface area contributed by atoms with Crippen LogP contribution in [0.3, 0.4) is 0 Å². The van der Waals surface area contributed by atoms with Crippen LogP contribution in [0.2, 0.25) is 0 Å². The maximum atomic E-state index is 3.71. The highest BCUT2D eigenvalue weighted by Crippen LogP contribution is 1.85. The Morgan fingerprint density at radius 2 is 2.09 bits per heavy atom. The predicted octanol–water partition coefficient (Wildman–Crippen LogP) is 0.278. The third-order valence-corrected chi connectivity index (χ3v) is 1.49. The Hall–Kier alpha value is -0.900. The van der Waals surface area contributed by atoms with Crippen LogP contribution in [0.1, 0.15) is 13.3 Å². The van der Waals surface area contributed by atoms with Gasteiger partial charge in [-0.3, -0.25) is 0 Å². The van der Waals surface area contributed by atoms with Gasteiger partial charge in [-0.1, -0.05) is 6.92 Å². The van der Waals surface area contributed by atoms with Gasteiger partial charge in [-0.05, 0) is 19.5 Å². The summed E-state index contributed by atoms with van der Waals surface area (Å²) in [5.41, 5.74) is 0. The zero-order valence-corrected chi connectivity index (χ0v) is 6.82. The van der Waals surface area contributed by atoms with Crippen LogP contribution in [0.5, 0.6) is 0 Å². The molecular formula is C7H14N4. The Labute approximate surface area is 66.6 Å².